The summed E-state index contributed by atoms with van der Waals surface area (Å²) in [6.45, 7) is 3.80. The molecule has 0 aliphatic heterocycles. The van der Waals surface area contributed by atoms with Crippen LogP contribution in [0, 0.1) is 11.8 Å². The number of rotatable bonds is 9. The summed E-state index contributed by atoms with van der Waals surface area (Å²) in [6, 6.07) is 0. The minimum absolute atomic E-state index is 0.147. The summed E-state index contributed by atoms with van der Waals surface area (Å²) < 4.78 is 0. The normalized spacial score (nSPS) is 32.0. The molecular weight excluding hydrogens is 272 g/mol. The van der Waals surface area contributed by atoms with Crippen LogP contribution in [0.1, 0.15) is 65.2 Å². The molecule has 0 aromatic heterocycles. The second-order valence-electron chi connectivity index (χ2n) is 6.68. The Morgan fingerprint density at radius 2 is 1.76 bits per heavy atom. The highest BCUT2D eigenvalue weighted by Crippen LogP contribution is 2.43. The van der Waals surface area contributed by atoms with Gasteiger partial charge in [-0.05, 0) is 19.8 Å². The topological polar surface area (TPSA) is 98.0 Å². The number of aliphatic carboxylic acids is 1. The van der Waals surface area contributed by atoms with E-state index in [1.165, 1.54) is 6.42 Å². The average Bonchev–Trinajstić information content (AvgIpc) is 2.63. The molecule has 1 fully saturated rings. The fourth-order valence-electron chi connectivity index (χ4n) is 3.69. The van der Waals surface area contributed by atoms with Gasteiger partial charge in [-0.2, -0.15) is 0 Å². The van der Waals surface area contributed by atoms with Gasteiger partial charge >= 0.3 is 5.97 Å². The first kappa shape index (κ1) is 18.4. The summed E-state index contributed by atoms with van der Waals surface area (Å²) in [5, 5.41) is 39.7. The first-order valence-electron chi connectivity index (χ1n) is 8.10. The smallest absolute Gasteiger partial charge is 0.303 e. The van der Waals surface area contributed by atoms with Gasteiger partial charge in [-0.25, -0.2) is 0 Å². The molecule has 0 amide bonds. The maximum atomic E-state index is 10.9. The number of carboxylic acid groups (broad SMARTS) is 1. The zero-order valence-electron chi connectivity index (χ0n) is 13.2. The molecule has 1 aliphatic carbocycles. The van der Waals surface area contributed by atoms with Gasteiger partial charge in [-0.3, -0.25) is 4.79 Å². The van der Waals surface area contributed by atoms with Crippen molar-refractivity contribution in [1.82, 2.24) is 0 Å². The number of carbonyl (C=O) groups is 1. The van der Waals surface area contributed by atoms with Crippen molar-refractivity contribution in [2.24, 2.45) is 11.8 Å². The third-order valence-electron chi connectivity index (χ3n) is 4.77. The molecule has 1 unspecified atom stereocenters. The Morgan fingerprint density at radius 3 is 2.33 bits per heavy atom. The molecule has 0 radical (unpaired) electrons. The molecule has 4 N–H and O–H groups in total. The van der Waals surface area contributed by atoms with Crippen molar-refractivity contribution in [2.75, 3.05) is 0 Å². The van der Waals surface area contributed by atoms with Gasteiger partial charge in [0.25, 0.3) is 0 Å². The van der Waals surface area contributed by atoms with Gasteiger partial charge in [0, 0.05) is 11.8 Å². The Kier molecular flexibility index (Phi) is 7.10. The average molecular weight is 302 g/mol. The van der Waals surface area contributed by atoms with E-state index < -0.39 is 35.6 Å². The standard InChI is InChI=1S/C16H30O5/c1-3-4-5-6-7-8-16(2,21)15-11(9-14(19)20)12(17)10-13(15)18/h11-13,15,17-18,21H,3-10H2,1-2H3,(H,19,20)/t11-,12-,13-,15-,16?/m0/s1. The molecule has 124 valence electrons. The Balaban J connectivity index is 2.62. The lowest BCUT2D eigenvalue weighted by atomic mass is 9.75. The molecule has 5 heteroatoms. The summed E-state index contributed by atoms with van der Waals surface area (Å²) in [4.78, 5) is 10.9. The number of hydrogen-bond acceptors (Lipinski definition) is 4. The first-order chi connectivity index (χ1) is 9.79. The van der Waals surface area contributed by atoms with E-state index in [-0.39, 0.29) is 12.8 Å². The molecule has 5 atom stereocenters. The fourth-order valence-corrected chi connectivity index (χ4v) is 3.69. The van der Waals surface area contributed by atoms with Crippen molar-refractivity contribution in [3.63, 3.8) is 0 Å². The monoisotopic (exact) mass is 302 g/mol. The number of hydrogen-bond donors (Lipinski definition) is 4. The van der Waals surface area contributed by atoms with E-state index in [2.05, 4.69) is 6.92 Å². The maximum Gasteiger partial charge on any atom is 0.303 e. The molecular formula is C16H30O5. The summed E-state index contributed by atoms with van der Waals surface area (Å²) in [7, 11) is 0. The summed E-state index contributed by atoms with van der Waals surface area (Å²) in [5.41, 5.74) is -1.14. The van der Waals surface area contributed by atoms with E-state index in [4.69, 9.17) is 5.11 Å². The van der Waals surface area contributed by atoms with Gasteiger partial charge in [0.2, 0.25) is 0 Å². The Labute approximate surface area is 127 Å². The van der Waals surface area contributed by atoms with Crippen LogP contribution in [0.15, 0.2) is 0 Å². The molecule has 1 aliphatic rings. The van der Waals surface area contributed by atoms with Gasteiger partial charge in [0.05, 0.1) is 24.2 Å². The van der Waals surface area contributed by atoms with Crippen molar-refractivity contribution in [2.45, 2.75) is 83.0 Å². The van der Waals surface area contributed by atoms with Crippen LogP contribution >= 0.6 is 0 Å². The highest BCUT2D eigenvalue weighted by molar-refractivity contribution is 5.67. The predicted octanol–water partition coefficient (Wildman–Crippen LogP) is 1.93. The molecule has 0 aromatic carbocycles. The Morgan fingerprint density at radius 1 is 1.14 bits per heavy atom. The van der Waals surface area contributed by atoms with E-state index >= 15 is 0 Å². The van der Waals surface area contributed by atoms with Crippen LogP contribution in [-0.4, -0.2) is 44.2 Å². The van der Waals surface area contributed by atoms with Crippen LogP contribution in [0.2, 0.25) is 0 Å². The van der Waals surface area contributed by atoms with Crippen LogP contribution < -0.4 is 0 Å². The minimum Gasteiger partial charge on any atom is -0.481 e. The second kappa shape index (κ2) is 8.11. The van der Waals surface area contributed by atoms with Gasteiger partial charge in [-0.1, -0.05) is 39.0 Å². The fraction of sp³-hybridized carbons (Fsp3) is 0.938. The Hall–Kier alpha value is -0.650. The lowest BCUT2D eigenvalue weighted by molar-refractivity contribution is -0.141. The van der Waals surface area contributed by atoms with Crippen LogP contribution in [0.5, 0.6) is 0 Å². The van der Waals surface area contributed by atoms with Gasteiger partial charge in [-0.15, -0.1) is 0 Å². The van der Waals surface area contributed by atoms with E-state index in [1.807, 2.05) is 0 Å². The molecule has 1 saturated carbocycles. The molecule has 1 rings (SSSR count). The van der Waals surface area contributed by atoms with Gasteiger partial charge < -0.3 is 20.4 Å². The molecule has 0 spiro atoms. The lowest BCUT2D eigenvalue weighted by Gasteiger charge is -2.36. The van der Waals surface area contributed by atoms with Crippen molar-refractivity contribution in [3.8, 4) is 0 Å². The van der Waals surface area contributed by atoms with E-state index in [0.29, 0.717) is 6.42 Å². The third kappa shape index (κ3) is 5.24. The van der Waals surface area contributed by atoms with Crippen LogP contribution in [0.4, 0.5) is 0 Å². The number of aliphatic hydroxyl groups is 3. The number of carboxylic acids is 1. The minimum atomic E-state index is -1.14. The van der Waals surface area contributed by atoms with Crippen LogP contribution in [0.25, 0.3) is 0 Å². The van der Waals surface area contributed by atoms with Crippen molar-refractivity contribution in [3.05, 3.63) is 0 Å². The molecule has 21 heavy (non-hydrogen) atoms. The molecule has 5 nitrogen and oxygen atoms in total. The first-order valence-corrected chi connectivity index (χ1v) is 8.10. The van der Waals surface area contributed by atoms with Crippen molar-refractivity contribution >= 4 is 5.97 Å². The predicted molar refractivity (Wildman–Crippen MR) is 79.9 cm³/mol. The van der Waals surface area contributed by atoms with E-state index in [0.717, 1.165) is 25.7 Å². The highest BCUT2D eigenvalue weighted by Gasteiger charge is 2.50. The van der Waals surface area contributed by atoms with Crippen molar-refractivity contribution in [1.29, 1.82) is 0 Å². The Bertz CT molecular complexity index is 329. The third-order valence-corrected chi connectivity index (χ3v) is 4.77. The highest BCUT2D eigenvalue weighted by atomic mass is 16.4. The molecule has 0 heterocycles. The number of aliphatic hydroxyl groups excluding tert-OH is 2. The molecule has 0 aromatic rings. The molecule has 0 bridgehead atoms. The zero-order chi connectivity index (χ0) is 16.0. The summed E-state index contributed by atoms with van der Waals surface area (Å²) >= 11 is 0. The van der Waals surface area contributed by atoms with Crippen LogP contribution in [-0.2, 0) is 4.79 Å². The largest absolute Gasteiger partial charge is 0.481 e. The molecule has 0 saturated heterocycles. The van der Waals surface area contributed by atoms with E-state index in [1.54, 1.807) is 6.92 Å². The van der Waals surface area contributed by atoms with E-state index in [9.17, 15) is 20.1 Å². The van der Waals surface area contributed by atoms with Gasteiger partial charge in [0.15, 0.2) is 0 Å². The number of unbranched alkanes of at least 4 members (excludes halogenated alkanes) is 4. The SMILES string of the molecule is CCCCCCCC(C)(O)[C@H]1[C@@H](CC(=O)O)[C@@H](O)C[C@@H]1O. The second-order valence-corrected chi connectivity index (χ2v) is 6.68. The quantitative estimate of drug-likeness (QED) is 0.488. The summed E-state index contributed by atoms with van der Waals surface area (Å²) in [5.74, 6) is -2.16. The maximum absolute atomic E-state index is 10.9. The lowest BCUT2D eigenvalue weighted by Crippen LogP contribution is -2.43. The summed E-state index contributed by atoms with van der Waals surface area (Å²) in [6.07, 6.45) is 4.11. The van der Waals surface area contributed by atoms with Crippen LogP contribution in [0.3, 0.4) is 0 Å². The van der Waals surface area contributed by atoms with Gasteiger partial charge in [0.1, 0.15) is 0 Å². The zero-order valence-corrected chi connectivity index (χ0v) is 13.2. The van der Waals surface area contributed by atoms with Crippen molar-refractivity contribution < 1.29 is 25.2 Å².